The summed E-state index contributed by atoms with van der Waals surface area (Å²) in [4.78, 5) is 0. The van der Waals surface area contributed by atoms with E-state index in [0.29, 0.717) is 32.7 Å². The molecule has 1 heterocycles. The smallest absolute Gasteiger partial charge is 0.389 e. The number of nitrogens with one attached hydrogen (secondary N) is 1. The van der Waals surface area contributed by atoms with Crippen LogP contribution in [0.4, 0.5) is 13.2 Å². The van der Waals surface area contributed by atoms with Crippen LogP contribution < -0.4 is 14.8 Å². The van der Waals surface area contributed by atoms with Gasteiger partial charge in [-0.25, -0.2) is 0 Å². The average molecular weight is 303 g/mol. The Labute approximate surface area is 122 Å². The third-order valence-electron chi connectivity index (χ3n) is 3.20. The Morgan fingerprint density at radius 1 is 1.05 bits per heavy atom. The highest BCUT2D eigenvalue weighted by atomic mass is 19.4. The quantitative estimate of drug-likeness (QED) is 0.813. The summed E-state index contributed by atoms with van der Waals surface area (Å²) in [7, 11) is 0. The van der Waals surface area contributed by atoms with Crippen molar-refractivity contribution < 1.29 is 22.6 Å². The van der Waals surface area contributed by atoms with Crippen molar-refractivity contribution in [3.05, 3.63) is 23.8 Å². The number of halogens is 3. The number of rotatable bonds is 6. The van der Waals surface area contributed by atoms with Gasteiger partial charge in [-0.05, 0) is 37.1 Å². The molecule has 0 atom stereocenters. The maximum absolute atomic E-state index is 12.0. The van der Waals surface area contributed by atoms with Crippen molar-refractivity contribution in [1.29, 1.82) is 0 Å². The zero-order valence-electron chi connectivity index (χ0n) is 11.8. The molecule has 0 aliphatic carbocycles. The molecule has 0 aromatic heterocycles. The van der Waals surface area contributed by atoms with Crippen molar-refractivity contribution in [3.63, 3.8) is 0 Å². The number of alkyl halides is 3. The van der Waals surface area contributed by atoms with Crippen molar-refractivity contribution in [2.24, 2.45) is 0 Å². The Bertz CT molecular complexity index is 449. The van der Waals surface area contributed by atoms with E-state index in [0.717, 1.165) is 23.5 Å². The molecule has 3 nitrogen and oxygen atoms in total. The number of hydrogen-bond donors (Lipinski definition) is 1. The first kappa shape index (κ1) is 15.9. The highest BCUT2D eigenvalue weighted by Crippen LogP contribution is 2.30. The molecule has 0 saturated heterocycles. The molecule has 1 aliphatic rings. The van der Waals surface area contributed by atoms with Gasteiger partial charge in [0.1, 0.15) is 0 Å². The maximum atomic E-state index is 12.0. The molecular formula is C15H20F3NO2. The molecule has 6 heteroatoms. The number of hydrogen-bond acceptors (Lipinski definition) is 3. The van der Waals surface area contributed by atoms with Crippen molar-refractivity contribution in [2.45, 2.75) is 38.4 Å². The van der Waals surface area contributed by atoms with E-state index in [2.05, 4.69) is 5.32 Å². The highest BCUT2D eigenvalue weighted by Gasteiger charge is 2.25. The molecule has 21 heavy (non-hydrogen) atoms. The van der Waals surface area contributed by atoms with E-state index in [9.17, 15) is 13.2 Å². The fourth-order valence-corrected chi connectivity index (χ4v) is 2.13. The van der Waals surface area contributed by atoms with Crippen LogP contribution >= 0.6 is 0 Å². The monoisotopic (exact) mass is 303 g/mol. The van der Waals surface area contributed by atoms with Crippen LogP contribution in [0.1, 0.15) is 31.2 Å². The van der Waals surface area contributed by atoms with Gasteiger partial charge in [0.05, 0.1) is 13.2 Å². The summed E-state index contributed by atoms with van der Waals surface area (Å²) in [6.45, 7) is 2.48. The first-order chi connectivity index (χ1) is 10.0. The maximum Gasteiger partial charge on any atom is 0.389 e. The predicted molar refractivity (Wildman–Crippen MR) is 73.7 cm³/mol. The third-order valence-corrected chi connectivity index (χ3v) is 3.20. The first-order valence-electron chi connectivity index (χ1n) is 7.20. The molecule has 0 amide bonds. The second-order valence-corrected chi connectivity index (χ2v) is 5.08. The summed E-state index contributed by atoms with van der Waals surface area (Å²) in [6, 6.07) is 5.74. The molecule has 1 N–H and O–H groups in total. The van der Waals surface area contributed by atoms with Crippen LogP contribution in [-0.2, 0) is 6.54 Å². The van der Waals surface area contributed by atoms with Gasteiger partial charge in [-0.1, -0.05) is 6.07 Å². The van der Waals surface area contributed by atoms with E-state index in [-0.39, 0.29) is 6.42 Å². The Morgan fingerprint density at radius 2 is 1.81 bits per heavy atom. The van der Waals surface area contributed by atoms with Gasteiger partial charge in [0.15, 0.2) is 11.5 Å². The van der Waals surface area contributed by atoms with E-state index >= 15 is 0 Å². The zero-order chi connectivity index (χ0) is 15.1. The van der Waals surface area contributed by atoms with Gasteiger partial charge in [-0.15, -0.1) is 0 Å². The van der Waals surface area contributed by atoms with E-state index in [1.54, 1.807) is 0 Å². The lowest BCUT2D eigenvalue weighted by Crippen LogP contribution is -2.16. The summed E-state index contributed by atoms with van der Waals surface area (Å²) < 4.78 is 47.1. The van der Waals surface area contributed by atoms with Crippen LogP contribution in [0.15, 0.2) is 18.2 Å². The molecule has 0 fully saturated rings. The van der Waals surface area contributed by atoms with Crippen LogP contribution in [0.25, 0.3) is 0 Å². The van der Waals surface area contributed by atoms with Crippen molar-refractivity contribution >= 4 is 0 Å². The number of ether oxygens (including phenoxy) is 2. The van der Waals surface area contributed by atoms with E-state index in [1.165, 1.54) is 0 Å². The van der Waals surface area contributed by atoms with Crippen LogP contribution in [-0.4, -0.2) is 25.9 Å². The van der Waals surface area contributed by atoms with Gasteiger partial charge >= 0.3 is 6.18 Å². The minimum Gasteiger partial charge on any atom is -0.490 e. The van der Waals surface area contributed by atoms with E-state index in [4.69, 9.17) is 9.47 Å². The number of unbranched alkanes of at least 4 members (excludes halogenated alkanes) is 1. The Kier molecular flexibility index (Phi) is 5.73. The normalized spacial score (nSPS) is 14.8. The van der Waals surface area contributed by atoms with Gasteiger partial charge in [0.2, 0.25) is 0 Å². The van der Waals surface area contributed by atoms with Gasteiger partial charge in [-0.3, -0.25) is 0 Å². The summed E-state index contributed by atoms with van der Waals surface area (Å²) >= 11 is 0. The van der Waals surface area contributed by atoms with E-state index < -0.39 is 12.6 Å². The molecule has 2 rings (SSSR count). The Balaban J connectivity index is 1.70. The average Bonchev–Trinajstić information content (AvgIpc) is 2.66. The highest BCUT2D eigenvalue weighted by molar-refractivity contribution is 5.43. The van der Waals surface area contributed by atoms with Gasteiger partial charge in [0, 0.05) is 19.4 Å². The standard InChI is InChI=1S/C15H20F3NO2/c16-15(17,18)6-1-2-7-19-11-12-4-5-13-14(10-12)21-9-3-8-20-13/h4-5,10,19H,1-3,6-9,11H2. The lowest BCUT2D eigenvalue weighted by Gasteiger charge is -2.10. The van der Waals surface area contributed by atoms with Crippen LogP contribution in [0, 0.1) is 0 Å². The lowest BCUT2D eigenvalue weighted by molar-refractivity contribution is -0.135. The minimum atomic E-state index is -4.05. The Hall–Kier alpha value is -1.43. The second-order valence-electron chi connectivity index (χ2n) is 5.08. The summed E-state index contributed by atoms with van der Waals surface area (Å²) in [6.07, 6.45) is -3.21. The van der Waals surface area contributed by atoms with E-state index in [1.807, 2.05) is 18.2 Å². The van der Waals surface area contributed by atoms with Crippen LogP contribution in [0.3, 0.4) is 0 Å². The fourth-order valence-electron chi connectivity index (χ4n) is 2.13. The van der Waals surface area contributed by atoms with Gasteiger partial charge in [-0.2, -0.15) is 13.2 Å². The van der Waals surface area contributed by atoms with Crippen LogP contribution in [0.2, 0.25) is 0 Å². The third kappa shape index (κ3) is 5.83. The van der Waals surface area contributed by atoms with Crippen molar-refractivity contribution in [3.8, 4) is 11.5 Å². The lowest BCUT2D eigenvalue weighted by atomic mass is 10.2. The molecular weight excluding hydrogens is 283 g/mol. The zero-order valence-corrected chi connectivity index (χ0v) is 11.8. The second kappa shape index (κ2) is 7.54. The number of benzene rings is 1. The van der Waals surface area contributed by atoms with Crippen molar-refractivity contribution in [2.75, 3.05) is 19.8 Å². The summed E-state index contributed by atoms with van der Waals surface area (Å²) in [5.41, 5.74) is 1.04. The molecule has 0 radical (unpaired) electrons. The summed E-state index contributed by atoms with van der Waals surface area (Å²) in [5.74, 6) is 1.49. The molecule has 1 aromatic rings. The summed E-state index contributed by atoms with van der Waals surface area (Å²) in [5, 5.41) is 3.15. The molecule has 0 bridgehead atoms. The molecule has 0 spiro atoms. The SMILES string of the molecule is FC(F)(F)CCCCNCc1ccc2c(c1)OCCCO2. The molecule has 1 aliphatic heterocycles. The van der Waals surface area contributed by atoms with Crippen molar-refractivity contribution in [1.82, 2.24) is 5.32 Å². The molecule has 0 unspecified atom stereocenters. The molecule has 1 aromatic carbocycles. The number of fused-ring (bicyclic) bond motifs is 1. The first-order valence-corrected chi connectivity index (χ1v) is 7.20. The topological polar surface area (TPSA) is 30.5 Å². The fraction of sp³-hybridized carbons (Fsp3) is 0.600. The predicted octanol–water partition coefficient (Wildman–Crippen LogP) is 3.67. The molecule has 118 valence electrons. The Morgan fingerprint density at radius 3 is 2.57 bits per heavy atom. The van der Waals surface area contributed by atoms with Gasteiger partial charge in [0.25, 0.3) is 0 Å². The van der Waals surface area contributed by atoms with Crippen LogP contribution in [0.5, 0.6) is 11.5 Å². The minimum absolute atomic E-state index is 0.164. The largest absolute Gasteiger partial charge is 0.490 e. The van der Waals surface area contributed by atoms with Gasteiger partial charge < -0.3 is 14.8 Å². The molecule has 0 saturated carbocycles.